The van der Waals surface area contributed by atoms with Crippen molar-refractivity contribution in [3.8, 4) is 5.75 Å². The van der Waals surface area contributed by atoms with E-state index in [2.05, 4.69) is 0 Å². The van der Waals surface area contributed by atoms with Gasteiger partial charge in [-0.15, -0.1) is 0 Å². The molecule has 0 aliphatic heterocycles. The van der Waals surface area contributed by atoms with Gasteiger partial charge in [0.2, 0.25) is 0 Å². The van der Waals surface area contributed by atoms with Crippen molar-refractivity contribution in [1.29, 1.82) is 0 Å². The predicted molar refractivity (Wildman–Crippen MR) is 58.9 cm³/mol. The lowest BCUT2D eigenvalue weighted by molar-refractivity contribution is 0.0953. The second kappa shape index (κ2) is 4.64. The molecule has 0 fully saturated rings. The van der Waals surface area contributed by atoms with Gasteiger partial charge in [-0.2, -0.15) is 0 Å². The lowest BCUT2D eigenvalue weighted by Gasteiger charge is -2.21. The van der Waals surface area contributed by atoms with Crippen LogP contribution in [0.1, 0.15) is 32.4 Å². The quantitative estimate of drug-likeness (QED) is 0.801. The van der Waals surface area contributed by atoms with Crippen molar-refractivity contribution in [3.05, 3.63) is 29.8 Å². The molecule has 0 bridgehead atoms. The fourth-order valence-electron chi connectivity index (χ4n) is 1.22. The molecule has 0 spiro atoms. The van der Waals surface area contributed by atoms with E-state index in [1.54, 1.807) is 24.3 Å². The Hall–Kier alpha value is -1.06. The first-order valence-electron chi connectivity index (χ1n) is 5.00. The Labute approximate surface area is 90.3 Å². The van der Waals surface area contributed by atoms with Crippen molar-refractivity contribution in [2.24, 2.45) is 0 Å². The number of benzene rings is 1. The zero-order chi connectivity index (χ0) is 11.5. The molecule has 0 amide bonds. The van der Waals surface area contributed by atoms with E-state index in [0.29, 0.717) is 5.56 Å². The van der Waals surface area contributed by atoms with Gasteiger partial charge in [-0.25, -0.2) is 0 Å². The molecule has 1 rings (SSSR count). The van der Waals surface area contributed by atoms with Gasteiger partial charge in [0, 0.05) is 0 Å². The second-order valence-electron chi connectivity index (χ2n) is 4.48. The Kier molecular flexibility index (Phi) is 3.72. The molecule has 1 atom stereocenters. The minimum absolute atomic E-state index is 0.225. The van der Waals surface area contributed by atoms with Crippen LogP contribution < -0.4 is 4.74 Å². The molecule has 1 aromatic rings. The Morgan fingerprint density at radius 2 is 1.73 bits per heavy atom. The molecule has 0 radical (unpaired) electrons. The summed E-state index contributed by atoms with van der Waals surface area (Å²) < 4.78 is 5.63. The van der Waals surface area contributed by atoms with Gasteiger partial charge < -0.3 is 14.9 Å². The van der Waals surface area contributed by atoms with E-state index in [1.165, 1.54) is 0 Å². The topological polar surface area (TPSA) is 49.7 Å². The summed E-state index contributed by atoms with van der Waals surface area (Å²) in [5.74, 6) is 0.761. The van der Waals surface area contributed by atoms with Gasteiger partial charge in [0.25, 0.3) is 0 Å². The summed E-state index contributed by atoms with van der Waals surface area (Å²) in [5.41, 5.74) is 0.468. The Morgan fingerprint density at radius 3 is 2.13 bits per heavy atom. The summed E-state index contributed by atoms with van der Waals surface area (Å²) in [5, 5.41) is 18.1. The van der Waals surface area contributed by atoms with Crippen LogP contribution in [0.3, 0.4) is 0 Å². The average molecular weight is 210 g/mol. The smallest absolute Gasteiger partial charge is 0.120 e. The maximum absolute atomic E-state index is 9.36. The molecule has 15 heavy (non-hydrogen) atoms. The van der Waals surface area contributed by atoms with Crippen molar-refractivity contribution in [2.45, 2.75) is 32.5 Å². The first-order chi connectivity index (χ1) is 6.92. The number of hydrogen-bond acceptors (Lipinski definition) is 3. The van der Waals surface area contributed by atoms with E-state index in [4.69, 9.17) is 9.84 Å². The number of aliphatic hydroxyl groups is 2. The van der Waals surface area contributed by atoms with Crippen molar-refractivity contribution in [2.75, 3.05) is 6.61 Å². The third kappa shape index (κ3) is 3.90. The minimum atomic E-state index is -0.811. The van der Waals surface area contributed by atoms with Gasteiger partial charge in [-0.1, -0.05) is 12.1 Å². The molecule has 0 saturated carbocycles. The van der Waals surface area contributed by atoms with E-state index in [9.17, 15) is 5.11 Å². The maximum Gasteiger partial charge on any atom is 0.120 e. The summed E-state index contributed by atoms with van der Waals surface area (Å²) in [4.78, 5) is 0. The third-order valence-corrected chi connectivity index (χ3v) is 1.86. The zero-order valence-corrected chi connectivity index (χ0v) is 9.40. The van der Waals surface area contributed by atoms with Crippen molar-refractivity contribution >= 4 is 0 Å². The molecule has 0 saturated heterocycles. The van der Waals surface area contributed by atoms with Gasteiger partial charge in [0.05, 0.1) is 6.61 Å². The summed E-state index contributed by atoms with van der Waals surface area (Å²) in [6.07, 6.45) is -0.811. The fraction of sp³-hybridized carbons (Fsp3) is 0.500. The molecule has 0 aromatic heterocycles. The van der Waals surface area contributed by atoms with E-state index in [1.807, 2.05) is 20.8 Å². The summed E-state index contributed by atoms with van der Waals surface area (Å²) in [6.45, 7) is 5.66. The van der Waals surface area contributed by atoms with Gasteiger partial charge >= 0.3 is 0 Å². The fourth-order valence-corrected chi connectivity index (χ4v) is 1.22. The first-order valence-corrected chi connectivity index (χ1v) is 5.00. The highest BCUT2D eigenvalue weighted by Gasteiger charge is 2.12. The highest BCUT2D eigenvalue weighted by molar-refractivity contribution is 5.28. The van der Waals surface area contributed by atoms with Gasteiger partial charge in [0.1, 0.15) is 17.5 Å². The van der Waals surface area contributed by atoms with E-state index in [0.717, 1.165) is 5.75 Å². The summed E-state index contributed by atoms with van der Waals surface area (Å²) in [6, 6.07) is 7.09. The van der Waals surface area contributed by atoms with Crippen LogP contribution in [-0.2, 0) is 0 Å². The van der Waals surface area contributed by atoms with Crippen LogP contribution in [0.2, 0.25) is 0 Å². The standard InChI is InChI=1S/C12H18O3/c1-12(2,3)15-10-6-4-9(5-7-10)11(14)8-13/h4-7,11,13-14H,8H2,1-3H3. The second-order valence-corrected chi connectivity index (χ2v) is 4.48. The van der Waals surface area contributed by atoms with E-state index >= 15 is 0 Å². The van der Waals surface area contributed by atoms with Crippen LogP contribution in [-0.4, -0.2) is 22.4 Å². The molecule has 3 heteroatoms. The Bertz CT molecular complexity index is 298. The SMILES string of the molecule is CC(C)(C)Oc1ccc(C(O)CO)cc1. The van der Waals surface area contributed by atoms with Crippen LogP contribution in [0.15, 0.2) is 24.3 Å². The van der Waals surface area contributed by atoms with Gasteiger partial charge in [-0.05, 0) is 38.5 Å². The largest absolute Gasteiger partial charge is 0.488 e. The molecular weight excluding hydrogens is 192 g/mol. The Balaban J connectivity index is 2.72. The van der Waals surface area contributed by atoms with E-state index < -0.39 is 6.10 Å². The monoisotopic (exact) mass is 210 g/mol. The molecule has 0 aliphatic carbocycles. The number of rotatable bonds is 3. The average Bonchev–Trinajstić information content (AvgIpc) is 2.15. The molecule has 2 N–H and O–H groups in total. The molecular formula is C12H18O3. The summed E-state index contributed by atoms with van der Waals surface area (Å²) >= 11 is 0. The maximum atomic E-state index is 9.36. The third-order valence-electron chi connectivity index (χ3n) is 1.86. The molecule has 84 valence electrons. The number of aliphatic hydroxyl groups excluding tert-OH is 2. The highest BCUT2D eigenvalue weighted by Crippen LogP contribution is 2.21. The predicted octanol–water partition coefficient (Wildman–Crippen LogP) is 1.89. The molecule has 3 nitrogen and oxygen atoms in total. The van der Waals surface area contributed by atoms with Gasteiger partial charge in [-0.3, -0.25) is 0 Å². The van der Waals surface area contributed by atoms with Gasteiger partial charge in [0.15, 0.2) is 0 Å². The molecule has 0 aliphatic rings. The van der Waals surface area contributed by atoms with Crippen LogP contribution >= 0.6 is 0 Å². The molecule has 0 heterocycles. The van der Waals surface area contributed by atoms with Crippen molar-refractivity contribution in [3.63, 3.8) is 0 Å². The van der Waals surface area contributed by atoms with Crippen LogP contribution in [0, 0.1) is 0 Å². The van der Waals surface area contributed by atoms with Crippen LogP contribution in [0.25, 0.3) is 0 Å². The lowest BCUT2D eigenvalue weighted by Crippen LogP contribution is -2.22. The zero-order valence-electron chi connectivity index (χ0n) is 9.40. The normalized spacial score (nSPS) is 13.7. The first kappa shape index (κ1) is 12.0. The Morgan fingerprint density at radius 1 is 1.20 bits per heavy atom. The van der Waals surface area contributed by atoms with Crippen LogP contribution in [0.5, 0.6) is 5.75 Å². The van der Waals surface area contributed by atoms with Crippen molar-refractivity contribution < 1.29 is 14.9 Å². The highest BCUT2D eigenvalue weighted by atomic mass is 16.5. The molecule has 1 unspecified atom stereocenters. The summed E-state index contributed by atoms with van der Waals surface area (Å²) in [7, 11) is 0. The number of ether oxygens (including phenoxy) is 1. The number of hydrogen-bond donors (Lipinski definition) is 2. The lowest BCUT2D eigenvalue weighted by atomic mass is 10.1. The van der Waals surface area contributed by atoms with E-state index in [-0.39, 0.29) is 12.2 Å². The minimum Gasteiger partial charge on any atom is -0.488 e. The van der Waals surface area contributed by atoms with Crippen molar-refractivity contribution in [1.82, 2.24) is 0 Å². The molecule has 1 aromatic carbocycles. The van der Waals surface area contributed by atoms with Crippen LogP contribution in [0.4, 0.5) is 0 Å².